The van der Waals surface area contributed by atoms with Gasteiger partial charge >= 0.3 is 0 Å². The lowest BCUT2D eigenvalue weighted by molar-refractivity contribution is 0.402. The van der Waals surface area contributed by atoms with Gasteiger partial charge in [0.25, 0.3) is 0 Å². The van der Waals surface area contributed by atoms with E-state index in [-0.39, 0.29) is 0 Å². The Morgan fingerprint density at radius 2 is 1.95 bits per heavy atom. The number of aromatic nitrogens is 1. The summed E-state index contributed by atoms with van der Waals surface area (Å²) < 4.78 is 0. The number of rotatable bonds is 7. The van der Waals surface area contributed by atoms with Crippen LogP contribution in [0.1, 0.15) is 29.7 Å². The average molecular weight is 318 g/mol. The third-order valence-corrected chi connectivity index (χ3v) is 4.95. The van der Waals surface area contributed by atoms with Crippen molar-refractivity contribution in [3.8, 4) is 11.3 Å². The molecule has 1 atom stereocenters. The van der Waals surface area contributed by atoms with E-state index in [1.807, 2.05) is 7.05 Å². The minimum Gasteiger partial charge on any atom is -0.365 e. The molecule has 3 N–H and O–H groups in total. The number of hydrogen-bond acceptors (Lipinski definition) is 5. The molecule has 1 aromatic heterocycles. The molecule has 0 radical (unpaired) electrons. The number of thiazole rings is 1. The van der Waals surface area contributed by atoms with Gasteiger partial charge in [0.2, 0.25) is 0 Å². The van der Waals surface area contributed by atoms with Crippen LogP contribution in [0.5, 0.6) is 0 Å². The maximum absolute atomic E-state index is 5.72. The van der Waals surface area contributed by atoms with E-state index in [1.54, 1.807) is 11.3 Å². The van der Waals surface area contributed by atoms with Gasteiger partial charge in [0.15, 0.2) is 5.13 Å². The fourth-order valence-electron chi connectivity index (χ4n) is 2.49. The highest BCUT2D eigenvalue weighted by Gasteiger charge is 2.17. The molecule has 0 aliphatic heterocycles. The monoisotopic (exact) mass is 318 g/mol. The van der Waals surface area contributed by atoms with Crippen LogP contribution in [0.25, 0.3) is 11.3 Å². The zero-order valence-electron chi connectivity index (χ0n) is 13.9. The minimum atomic E-state index is 0.432. The lowest BCUT2D eigenvalue weighted by atomic mass is 10.0. The molecule has 0 saturated carbocycles. The van der Waals surface area contributed by atoms with Crippen LogP contribution in [-0.4, -0.2) is 37.6 Å². The Hall–Kier alpha value is -1.43. The van der Waals surface area contributed by atoms with Crippen LogP contribution in [-0.2, 0) is 6.54 Å². The molecule has 22 heavy (non-hydrogen) atoms. The van der Waals surface area contributed by atoms with Crippen molar-refractivity contribution in [1.82, 2.24) is 9.88 Å². The summed E-state index contributed by atoms with van der Waals surface area (Å²) in [4.78, 5) is 8.24. The summed E-state index contributed by atoms with van der Waals surface area (Å²) in [5.74, 6) is 0.432. The highest BCUT2D eigenvalue weighted by molar-refractivity contribution is 7.16. The highest BCUT2D eigenvalue weighted by atomic mass is 32.1. The van der Waals surface area contributed by atoms with Crippen LogP contribution < -0.4 is 11.1 Å². The molecular formula is C17H26N4S. The molecule has 0 aliphatic carbocycles. The van der Waals surface area contributed by atoms with Gasteiger partial charge in [0.05, 0.1) is 5.69 Å². The summed E-state index contributed by atoms with van der Waals surface area (Å²) in [6.45, 7) is 3.88. The van der Waals surface area contributed by atoms with E-state index >= 15 is 0 Å². The molecule has 2 aromatic rings. The third kappa shape index (κ3) is 4.06. The van der Waals surface area contributed by atoms with Crippen LogP contribution in [0, 0.1) is 0 Å². The maximum atomic E-state index is 5.72. The van der Waals surface area contributed by atoms with Crippen molar-refractivity contribution in [2.45, 2.75) is 25.8 Å². The summed E-state index contributed by atoms with van der Waals surface area (Å²) in [7, 11) is 6.08. The Kier molecular flexibility index (Phi) is 5.94. The van der Waals surface area contributed by atoms with Crippen LogP contribution >= 0.6 is 11.3 Å². The van der Waals surface area contributed by atoms with Gasteiger partial charge in [-0.1, -0.05) is 31.2 Å². The summed E-state index contributed by atoms with van der Waals surface area (Å²) in [5, 5.41) is 4.13. The fourth-order valence-corrected chi connectivity index (χ4v) is 3.52. The Labute approximate surface area is 137 Å². The van der Waals surface area contributed by atoms with Crippen molar-refractivity contribution < 1.29 is 0 Å². The van der Waals surface area contributed by atoms with Gasteiger partial charge in [-0.3, -0.25) is 0 Å². The molecule has 1 aromatic carbocycles. The molecule has 0 saturated heterocycles. The van der Waals surface area contributed by atoms with Gasteiger partial charge in [-0.05, 0) is 38.5 Å². The third-order valence-electron chi connectivity index (χ3n) is 3.64. The standard InChI is InChI=1S/C17H26N4S/c1-12(9-10-18)16-15(20-17(19-2)22-16)14-7-5-13(6-8-14)11-21(3)4/h5-8,12H,9-11,18H2,1-4H3,(H,19,20). The molecule has 5 heteroatoms. The molecule has 0 amide bonds. The number of benzene rings is 1. The second-order valence-electron chi connectivity index (χ2n) is 5.89. The summed E-state index contributed by atoms with van der Waals surface area (Å²) in [6.07, 6.45) is 0.983. The van der Waals surface area contributed by atoms with E-state index in [0.717, 1.165) is 23.8 Å². The van der Waals surface area contributed by atoms with Gasteiger partial charge in [-0.25, -0.2) is 4.98 Å². The lowest BCUT2D eigenvalue weighted by Crippen LogP contribution is -2.10. The SMILES string of the molecule is CNc1nc(-c2ccc(CN(C)C)cc2)c(C(C)CCN)s1. The van der Waals surface area contributed by atoms with Crippen molar-refractivity contribution >= 4 is 16.5 Å². The first kappa shape index (κ1) is 16.9. The predicted octanol–water partition coefficient (Wildman–Crippen LogP) is 3.37. The minimum absolute atomic E-state index is 0.432. The van der Waals surface area contributed by atoms with Crippen molar-refractivity contribution in [2.75, 3.05) is 33.0 Å². The van der Waals surface area contributed by atoms with E-state index in [4.69, 9.17) is 10.7 Å². The van der Waals surface area contributed by atoms with Crippen molar-refractivity contribution in [2.24, 2.45) is 5.73 Å². The van der Waals surface area contributed by atoms with Gasteiger partial charge in [-0.15, -0.1) is 11.3 Å². The molecule has 0 fully saturated rings. The highest BCUT2D eigenvalue weighted by Crippen LogP contribution is 2.37. The Morgan fingerprint density at radius 3 is 2.50 bits per heavy atom. The van der Waals surface area contributed by atoms with Crippen molar-refractivity contribution in [3.63, 3.8) is 0 Å². The van der Waals surface area contributed by atoms with Crippen LogP contribution in [0.15, 0.2) is 24.3 Å². The smallest absolute Gasteiger partial charge is 0.183 e. The molecule has 0 spiro atoms. The number of nitrogens with one attached hydrogen (secondary N) is 1. The van der Waals surface area contributed by atoms with E-state index in [9.17, 15) is 0 Å². The van der Waals surface area contributed by atoms with E-state index in [2.05, 4.69) is 55.5 Å². The predicted molar refractivity (Wildman–Crippen MR) is 96.6 cm³/mol. The number of nitrogens with zero attached hydrogens (tertiary/aromatic N) is 2. The Morgan fingerprint density at radius 1 is 1.27 bits per heavy atom. The fraction of sp³-hybridized carbons (Fsp3) is 0.471. The van der Waals surface area contributed by atoms with Crippen LogP contribution in [0.2, 0.25) is 0 Å². The van der Waals surface area contributed by atoms with Crippen molar-refractivity contribution in [3.05, 3.63) is 34.7 Å². The zero-order chi connectivity index (χ0) is 16.1. The summed E-state index contributed by atoms with van der Waals surface area (Å²) in [6, 6.07) is 8.72. The number of hydrogen-bond donors (Lipinski definition) is 2. The molecule has 4 nitrogen and oxygen atoms in total. The first-order chi connectivity index (χ1) is 10.5. The maximum Gasteiger partial charge on any atom is 0.183 e. The lowest BCUT2D eigenvalue weighted by Gasteiger charge is -2.12. The number of nitrogens with two attached hydrogens (primary N) is 1. The Bertz CT molecular complexity index is 589. The molecule has 1 heterocycles. The van der Waals surface area contributed by atoms with E-state index in [0.29, 0.717) is 12.5 Å². The van der Waals surface area contributed by atoms with Gasteiger partial charge < -0.3 is 16.0 Å². The van der Waals surface area contributed by atoms with Gasteiger partial charge in [0.1, 0.15) is 0 Å². The normalized spacial score (nSPS) is 12.6. The summed E-state index contributed by atoms with van der Waals surface area (Å²) >= 11 is 1.73. The topological polar surface area (TPSA) is 54.2 Å². The van der Waals surface area contributed by atoms with Gasteiger partial charge in [0, 0.05) is 24.0 Å². The Balaban J connectivity index is 2.32. The zero-order valence-corrected chi connectivity index (χ0v) is 14.7. The average Bonchev–Trinajstić information content (AvgIpc) is 2.92. The molecule has 120 valence electrons. The van der Waals surface area contributed by atoms with E-state index < -0.39 is 0 Å². The second kappa shape index (κ2) is 7.72. The number of anilines is 1. The summed E-state index contributed by atoms with van der Waals surface area (Å²) in [5.41, 5.74) is 9.31. The molecular weight excluding hydrogens is 292 g/mol. The largest absolute Gasteiger partial charge is 0.365 e. The molecule has 2 rings (SSSR count). The molecule has 1 unspecified atom stereocenters. The van der Waals surface area contributed by atoms with E-state index in [1.165, 1.54) is 16.0 Å². The molecule has 0 aliphatic rings. The first-order valence-corrected chi connectivity index (χ1v) is 8.49. The van der Waals surface area contributed by atoms with Crippen LogP contribution in [0.3, 0.4) is 0 Å². The second-order valence-corrected chi connectivity index (χ2v) is 6.93. The van der Waals surface area contributed by atoms with Crippen LogP contribution in [0.4, 0.5) is 5.13 Å². The van der Waals surface area contributed by atoms with Gasteiger partial charge in [-0.2, -0.15) is 0 Å². The quantitative estimate of drug-likeness (QED) is 0.822. The first-order valence-electron chi connectivity index (χ1n) is 7.67. The van der Waals surface area contributed by atoms with Crippen molar-refractivity contribution in [1.29, 1.82) is 0 Å². The molecule has 0 bridgehead atoms.